The van der Waals surface area contributed by atoms with E-state index < -0.39 is 6.04 Å². The minimum absolute atomic E-state index is 0.119. The molecule has 4 rings (SSSR count). The molecule has 0 aromatic heterocycles. The van der Waals surface area contributed by atoms with Gasteiger partial charge >= 0.3 is 0 Å². The summed E-state index contributed by atoms with van der Waals surface area (Å²) < 4.78 is 0. The fourth-order valence-corrected chi connectivity index (χ4v) is 4.04. The van der Waals surface area contributed by atoms with Gasteiger partial charge in [0.15, 0.2) is 5.17 Å². The molecular weight excluding hydrogens is 372 g/mol. The van der Waals surface area contributed by atoms with E-state index in [0.717, 1.165) is 22.5 Å². The first kappa shape index (κ1) is 18.4. The maximum atomic E-state index is 12.4. The maximum Gasteiger partial charge on any atom is 0.270 e. The van der Waals surface area contributed by atoms with Gasteiger partial charge in [0.05, 0.1) is 11.4 Å². The second-order valence-corrected chi connectivity index (χ2v) is 7.81. The maximum absolute atomic E-state index is 12.4. The molecule has 2 aromatic rings. The molecule has 6 nitrogen and oxygen atoms in total. The number of aliphatic imine (C=N–C) groups is 2. The van der Waals surface area contributed by atoms with E-state index in [2.05, 4.69) is 15.3 Å². The predicted molar refractivity (Wildman–Crippen MR) is 113 cm³/mol. The smallest absolute Gasteiger partial charge is 0.270 e. The number of benzene rings is 2. The van der Waals surface area contributed by atoms with Crippen molar-refractivity contribution in [3.63, 3.8) is 0 Å². The minimum Gasteiger partial charge on any atom is -0.325 e. The van der Waals surface area contributed by atoms with Crippen molar-refractivity contribution in [3.05, 3.63) is 59.2 Å². The molecule has 142 valence electrons. The second-order valence-electron chi connectivity index (χ2n) is 6.87. The van der Waals surface area contributed by atoms with Crippen molar-refractivity contribution in [2.45, 2.75) is 26.8 Å². The van der Waals surface area contributed by atoms with Crippen molar-refractivity contribution in [3.8, 4) is 0 Å². The molecule has 7 heteroatoms. The molecule has 0 saturated heterocycles. The van der Waals surface area contributed by atoms with E-state index in [-0.39, 0.29) is 17.6 Å². The molecule has 1 unspecified atom stereocenters. The molecular formula is C21H20N4O2S. The van der Waals surface area contributed by atoms with Gasteiger partial charge in [-0.3, -0.25) is 14.5 Å². The Morgan fingerprint density at radius 2 is 1.93 bits per heavy atom. The zero-order valence-electron chi connectivity index (χ0n) is 15.9. The molecule has 2 amide bonds. The average molecular weight is 392 g/mol. The van der Waals surface area contributed by atoms with Crippen LogP contribution in [0.3, 0.4) is 0 Å². The van der Waals surface area contributed by atoms with Crippen molar-refractivity contribution < 1.29 is 9.59 Å². The first-order valence-electron chi connectivity index (χ1n) is 9.04. The molecule has 0 radical (unpaired) electrons. The van der Waals surface area contributed by atoms with Crippen molar-refractivity contribution in [1.29, 1.82) is 0 Å². The Bertz CT molecular complexity index is 1040. The monoisotopic (exact) mass is 392 g/mol. The summed E-state index contributed by atoms with van der Waals surface area (Å²) in [5.74, 6) is 0.491. The third-order valence-electron chi connectivity index (χ3n) is 4.88. The van der Waals surface area contributed by atoms with Crippen molar-refractivity contribution in [1.82, 2.24) is 4.90 Å². The molecule has 1 N–H and O–H groups in total. The molecule has 0 saturated carbocycles. The summed E-state index contributed by atoms with van der Waals surface area (Å²) in [5, 5.41) is 3.53. The van der Waals surface area contributed by atoms with Gasteiger partial charge in [0.1, 0.15) is 11.9 Å². The fraction of sp³-hybridized carbons (Fsp3) is 0.238. The Morgan fingerprint density at radius 1 is 1.14 bits per heavy atom. The first-order valence-corrected chi connectivity index (χ1v) is 10.0. The molecule has 0 spiro atoms. The lowest BCUT2D eigenvalue weighted by atomic mass is 10.1. The highest BCUT2D eigenvalue weighted by Gasteiger charge is 2.39. The summed E-state index contributed by atoms with van der Waals surface area (Å²) in [6, 6.07) is 13.0. The van der Waals surface area contributed by atoms with Crippen molar-refractivity contribution in [2.24, 2.45) is 9.98 Å². The number of fused-ring (bicyclic) bond motifs is 3. The van der Waals surface area contributed by atoms with E-state index in [4.69, 9.17) is 0 Å². The number of aryl methyl sites for hydroxylation is 2. The zero-order valence-corrected chi connectivity index (χ0v) is 16.7. The lowest BCUT2D eigenvalue weighted by Crippen LogP contribution is -2.42. The lowest BCUT2D eigenvalue weighted by molar-refractivity contribution is -0.119. The largest absolute Gasteiger partial charge is 0.325 e. The van der Waals surface area contributed by atoms with Crippen LogP contribution in [0.25, 0.3) is 0 Å². The number of amides is 2. The van der Waals surface area contributed by atoms with Crippen LogP contribution in [0.2, 0.25) is 0 Å². The number of amidine groups is 2. The Morgan fingerprint density at radius 3 is 2.71 bits per heavy atom. The molecule has 0 aliphatic carbocycles. The summed E-state index contributed by atoms with van der Waals surface area (Å²) in [5.41, 5.74) is 4.68. The number of carbonyl (C=O) groups is 2. The normalized spacial score (nSPS) is 17.6. The van der Waals surface area contributed by atoms with E-state index >= 15 is 0 Å². The Labute approximate surface area is 167 Å². The molecule has 2 aliphatic rings. The van der Waals surface area contributed by atoms with Crippen LogP contribution in [0, 0.1) is 13.8 Å². The minimum atomic E-state index is -0.419. The summed E-state index contributed by atoms with van der Waals surface area (Å²) in [4.78, 5) is 35.3. The summed E-state index contributed by atoms with van der Waals surface area (Å²) in [6.07, 6.45) is 0. The summed E-state index contributed by atoms with van der Waals surface area (Å²) >= 11 is 1.31. The SMILES string of the molecule is Cc1ccc(NC(=O)CSC2=Nc3ccccc3C3=NC(=O)C(C)N23)cc1C. The van der Waals surface area contributed by atoms with Gasteiger partial charge < -0.3 is 5.32 Å². The van der Waals surface area contributed by atoms with Crippen LogP contribution in [-0.4, -0.2) is 39.5 Å². The first-order chi connectivity index (χ1) is 13.4. The molecule has 1 atom stereocenters. The highest BCUT2D eigenvalue weighted by molar-refractivity contribution is 8.14. The van der Waals surface area contributed by atoms with Gasteiger partial charge in [-0.15, -0.1) is 0 Å². The summed E-state index contributed by atoms with van der Waals surface area (Å²) in [7, 11) is 0. The van der Waals surface area contributed by atoms with Crippen LogP contribution < -0.4 is 5.32 Å². The predicted octanol–water partition coefficient (Wildman–Crippen LogP) is 3.65. The van der Waals surface area contributed by atoms with Crippen LogP contribution in [-0.2, 0) is 9.59 Å². The van der Waals surface area contributed by atoms with E-state index in [1.54, 1.807) is 6.92 Å². The van der Waals surface area contributed by atoms with Crippen LogP contribution in [0.15, 0.2) is 52.4 Å². The second kappa shape index (κ2) is 7.24. The van der Waals surface area contributed by atoms with Crippen LogP contribution in [0.5, 0.6) is 0 Å². The standard InChI is InChI=1S/C21H20N4O2S/c1-12-8-9-15(10-13(12)2)22-18(26)11-28-21-23-17-7-5-4-6-16(17)19-24-20(27)14(3)25(19)21/h4-10,14H,11H2,1-3H3,(H,22,26). The number of para-hydroxylation sites is 1. The molecule has 0 fully saturated rings. The number of carbonyl (C=O) groups excluding carboxylic acids is 2. The Hall–Kier alpha value is -2.93. The number of anilines is 1. The van der Waals surface area contributed by atoms with Gasteiger partial charge in [0, 0.05) is 11.3 Å². The number of hydrogen-bond donors (Lipinski definition) is 1. The van der Waals surface area contributed by atoms with E-state index in [9.17, 15) is 9.59 Å². The third-order valence-corrected chi connectivity index (χ3v) is 5.83. The molecule has 28 heavy (non-hydrogen) atoms. The highest BCUT2D eigenvalue weighted by Crippen LogP contribution is 2.33. The van der Waals surface area contributed by atoms with Crippen LogP contribution >= 0.6 is 11.8 Å². The number of thioether (sulfide) groups is 1. The Balaban J connectivity index is 1.52. The van der Waals surface area contributed by atoms with E-state index in [0.29, 0.717) is 11.0 Å². The average Bonchev–Trinajstić information content (AvgIpc) is 2.98. The van der Waals surface area contributed by atoms with E-state index in [1.807, 2.05) is 61.2 Å². The number of rotatable bonds is 3. The van der Waals surface area contributed by atoms with Gasteiger partial charge in [-0.2, -0.15) is 4.99 Å². The van der Waals surface area contributed by atoms with Gasteiger partial charge in [-0.05, 0) is 56.2 Å². The number of hydrogen-bond acceptors (Lipinski definition) is 5. The summed E-state index contributed by atoms with van der Waals surface area (Å²) in [6.45, 7) is 5.85. The lowest BCUT2D eigenvalue weighted by Gasteiger charge is -2.29. The van der Waals surface area contributed by atoms with Crippen LogP contribution in [0.4, 0.5) is 11.4 Å². The van der Waals surface area contributed by atoms with Crippen molar-refractivity contribution >= 4 is 46.0 Å². The highest BCUT2D eigenvalue weighted by atomic mass is 32.2. The van der Waals surface area contributed by atoms with Gasteiger partial charge in [-0.1, -0.05) is 30.0 Å². The molecule has 2 aliphatic heterocycles. The van der Waals surface area contributed by atoms with Gasteiger partial charge in [-0.25, -0.2) is 4.99 Å². The molecule has 2 heterocycles. The van der Waals surface area contributed by atoms with E-state index in [1.165, 1.54) is 17.3 Å². The fourth-order valence-electron chi connectivity index (χ4n) is 3.16. The van der Waals surface area contributed by atoms with Crippen LogP contribution in [0.1, 0.15) is 23.6 Å². The topological polar surface area (TPSA) is 74.1 Å². The van der Waals surface area contributed by atoms with Crippen molar-refractivity contribution in [2.75, 3.05) is 11.1 Å². The number of nitrogens with zero attached hydrogens (tertiary/aromatic N) is 3. The number of nitrogens with one attached hydrogen (secondary N) is 1. The van der Waals surface area contributed by atoms with Gasteiger partial charge in [0.25, 0.3) is 5.91 Å². The molecule has 2 aromatic carbocycles. The third kappa shape index (κ3) is 3.33. The molecule has 0 bridgehead atoms. The zero-order chi connectivity index (χ0) is 19.8. The Kier molecular flexibility index (Phi) is 4.77. The van der Waals surface area contributed by atoms with Gasteiger partial charge in [0.2, 0.25) is 5.91 Å². The quantitative estimate of drug-likeness (QED) is 0.865.